The minimum Gasteiger partial charge on any atom is -0.392 e. The third-order valence-corrected chi connectivity index (χ3v) is 3.84. The Bertz CT molecular complexity index is 447. The first kappa shape index (κ1) is 15.3. The van der Waals surface area contributed by atoms with Gasteiger partial charge in [-0.1, -0.05) is 18.2 Å². The van der Waals surface area contributed by atoms with Gasteiger partial charge >= 0.3 is 6.18 Å². The lowest BCUT2D eigenvalue weighted by Gasteiger charge is -2.35. The zero-order valence-electron chi connectivity index (χ0n) is 11.5. The van der Waals surface area contributed by atoms with Crippen molar-refractivity contribution < 1.29 is 18.3 Å². The second-order valence-electron chi connectivity index (χ2n) is 5.54. The van der Waals surface area contributed by atoms with E-state index in [0.717, 1.165) is 25.5 Å². The molecule has 1 saturated heterocycles. The van der Waals surface area contributed by atoms with E-state index in [0.29, 0.717) is 18.5 Å². The molecule has 2 nitrogen and oxygen atoms in total. The summed E-state index contributed by atoms with van der Waals surface area (Å²) in [4.78, 5) is 2.15. The second kappa shape index (κ2) is 6.14. The molecule has 0 bridgehead atoms. The van der Waals surface area contributed by atoms with Gasteiger partial charge in [0.2, 0.25) is 0 Å². The van der Waals surface area contributed by atoms with Gasteiger partial charge < -0.3 is 5.11 Å². The van der Waals surface area contributed by atoms with E-state index in [4.69, 9.17) is 0 Å². The van der Waals surface area contributed by atoms with Crippen molar-refractivity contribution in [3.8, 4) is 0 Å². The van der Waals surface area contributed by atoms with Crippen LogP contribution in [0.5, 0.6) is 0 Å². The molecule has 1 aliphatic heterocycles. The van der Waals surface area contributed by atoms with Gasteiger partial charge in [0.05, 0.1) is 11.7 Å². The second-order valence-corrected chi connectivity index (χ2v) is 5.54. The lowest BCUT2D eigenvalue weighted by molar-refractivity contribution is -0.137. The summed E-state index contributed by atoms with van der Waals surface area (Å²) in [6, 6.07) is 5.63. The fourth-order valence-corrected chi connectivity index (χ4v) is 2.73. The van der Waals surface area contributed by atoms with Crippen molar-refractivity contribution >= 4 is 0 Å². The molecule has 1 heterocycles. The zero-order chi connectivity index (χ0) is 14.8. The van der Waals surface area contributed by atoms with Crippen LogP contribution in [0.25, 0.3) is 0 Å². The molecule has 0 amide bonds. The largest absolute Gasteiger partial charge is 0.416 e. The van der Waals surface area contributed by atoms with Crippen molar-refractivity contribution in [2.24, 2.45) is 0 Å². The quantitative estimate of drug-likeness (QED) is 0.923. The van der Waals surface area contributed by atoms with E-state index in [1.54, 1.807) is 6.07 Å². The maximum absolute atomic E-state index is 12.7. The number of likely N-dealkylation sites (tertiary alicyclic amines) is 1. The average molecular weight is 287 g/mol. The van der Waals surface area contributed by atoms with E-state index in [1.165, 1.54) is 12.1 Å². The molecule has 0 aliphatic carbocycles. The monoisotopic (exact) mass is 287 g/mol. The third kappa shape index (κ3) is 3.96. The summed E-state index contributed by atoms with van der Waals surface area (Å²) >= 11 is 0. The van der Waals surface area contributed by atoms with Gasteiger partial charge in [0.25, 0.3) is 0 Å². The average Bonchev–Trinajstić information content (AvgIpc) is 2.38. The number of hydrogen-bond acceptors (Lipinski definition) is 2. The normalized spacial score (nSPS) is 22.8. The van der Waals surface area contributed by atoms with E-state index in [-0.39, 0.29) is 12.1 Å². The molecule has 112 valence electrons. The molecular formula is C15H20F3NO. The van der Waals surface area contributed by atoms with Gasteiger partial charge in [0, 0.05) is 12.6 Å². The molecule has 2 unspecified atom stereocenters. The smallest absolute Gasteiger partial charge is 0.392 e. The Kier molecular flexibility index (Phi) is 4.70. The van der Waals surface area contributed by atoms with E-state index in [2.05, 4.69) is 4.90 Å². The molecule has 0 saturated carbocycles. The summed E-state index contributed by atoms with van der Waals surface area (Å²) in [6.07, 6.45) is -2.29. The molecule has 1 fully saturated rings. The summed E-state index contributed by atoms with van der Waals surface area (Å²) in [7, 11) is 0. The highest BCUT2D eigenvalue weighted by Crippen LogP contribution is 2.30. The minimum absolute atomic E-state index is 0.133. The summed E-state index contributed by atoms with van der Waals surface area (Å²) in [5, 5.41) is 9.65. The van der Waals surface area contributed by atoms with Gasteiger partial charge in [-0.05, 0) is 44.4 Å². The predicted molar refractivity (Wildman–Crippen MR) is 71.4 cm³/mol. The highest BCUT2D eigenvalue weighted by atomic mass is 19.4. The van der Waals surface area contributed by atoms with Crippen LogP contribution in [0.3, 0.4) is 0 Å². The predicted octanol–water partition coefficient (Wildman–Crippen LogP) is 3.09. The molecule has 0 spiro atoms. The first-order chi connectivity index (χ1) is 9.36. The number of rotatable bonds is 3. The van der Waals surface area contributed by atoms with Crippen LogP contribution in [0.1, 0.15) is 30.9 Å². The molecule has 0 aromatic heterocycles. The fourth-order valence-electron chi connectivity index (χ4n) is 2.73. The molecule has 0 radical (unpaired) electrons. The highest BCUT2D eigenvalue weighted by molar-refractivity contribution is 5.26. The molecule has 1 aromatic carbocycles. The molecule has 1 aromatic rings. The van der Waals surface area contributed by atoms with Gasteiger partial charge in [-0.3, -0.25) is 4.90 Å². The molecule has 5 heteroatoms. The Morgan fingerprint density at radius 3 is 2.80 bits per heavy atom. The number of benzene rings is 1. The van der Waals surface area contributed by atoms with E-state index in [1.807, 2.05) is 6.92 Å². The SMILES string of the molecule is CC(Cc1cccc(C(F)(F)F)c1)N1CCCC(O)C1. The molecule has 20 heavy (non-hydrogen) atoms. The number of piperidine rings is 1. The number of hydrogen-bond donors (Lipinski definition) is 1. The van der Waals surface area contributed by atoms with E-state index in [9.17, 15) is 18.3 Å². The standard InChI is InChI=1S/C15H20F3NO/c1-11(19-7-3-6-14(20)10-19)8-12-4-2-5-13(9-12)15(16,17)18/h2,4-5,9,11,14,20H,3,6-8,10H2,1H3. The van der Waals surface area contributed by atoms with Crippen molar-refractivity contribution in [2.45, 2.75) is 44.5 Å². The Hall–Kier alpha value is -1.07. The number of halogens is 3. The van der Waals surface area contributed by atoms with Crippen molar-refractivity contribution in [1.29, 1.82) is 0 Å². The first-order valence-corrected chi connectivity index (χ1v) is 6.94. The Morgan fingerprint density at radius 2 is 2.15 bits per heavy atom. The van der Waals surface area contributed by atoms with Crippen molar-refractivity contribution in [1.82, 2.24) is 4.90 Å². The Morgan fingerprint density at radius 1 is 1.40 bits per heavy atom. The summed E-state index contributed by atoms with van der Waals surface area (Å²) < 4.78 is 38.0. The third-order valence-electron chi connectivity index (χ3n) is 3.84. The van der Waals surface area contributed by atoms with Crippen LogP contribution in [0.4, 0.5) is 13.2 Å². The summed E-state index contributed by atoms with van der Waals surface area (Å²) in [5.74, 6) is 0. The topological polar surface area (TPSA) is 23.5 Å². The van der Waals surface area contributed by atoms with Crippen molar-refractivity contribution in [3.63, 3.8) is 0 Å². The number of β-amino-alcohol motifs (C(OH)–C–C–N with tert-alkyl or cyclic N) is 1. The minimum atomic E-state index is -4.29. The number of aliphatic hydroxyl groups is 1. The van der Waals surface area contributed by atoms with E-state index >= 15 is 0 Å². The van der Waals surface area contributed by atoms with Gasteiger partial charge in [-0.15, -0.1) is 0 Å². The molecule has 2 rings (SSSR count). The van der Waals surface area contributed by atoms with E-state index < -0.39 is 11.7 Å². The Labute approximate surface area is 117 Å². The maximum atomic E-state index is 12.7. The molecular weight excluding hydrogens is 267 g/mol. The Balaban J connectivity index is 2.02. The number of nitrogens with zero attached hydrogens (tertiary/aromatic N) is 1. The van der Waals surface area contributed by atoms with Crippen molar-refractivity contribution in [3.05, 3.63) is 35.4 Å². The fraction of sp³-hybridized carbons (Fsp3) is 0.600. The van der Waals surface area contributed by atoms with Crippen molar-refractivity contribution in [2.75, 3.05) is 13.1 Å². The maximum Gasteiger partial charge on any atom is 0.416 e. The number of aliphatic hydroxyl groups excluding tert-OH is 1. The highest BCUT2D eigenvalue weighted by Gasteiger charge is 2.30. The van der Waals surface area contributed by atoms with Gasteiger partial charge in [0.15, 0.2) is 0 Å². The zero-order valence-corrected chi connectivity index (χ0v) is 11.5. The molecule has 2 atom stereocenters. The molecule has 1 N–H and O–H groups in total. The van der Waals surface area contributed by atoms with Crippen LogP contribution in [-0.2, 0) is 12.6 Å². The van der Waals surface area contributed by atoms with Crippen LogP contribution >= 0.6 is 0 Å². The lowest BCUT2D eigenvalue weighted by atomic mass is 10.0. The first-order valence-electron chi connectivity index (χ1n) is 6.94. The van der Waals surface area contributed by atoms with Gasteiger partial charge in [-0.25, -0.2) is 0 Å². The van der Waals surface area contributed by atoms with Gasteiger partial charge in [0.1, 0.15) is 0 Å². The van der Waals surface area contributed by atoms with Crippen LogP contribution in [0.15, 0.2) is 24.3 Å². The summed E-state index contributed by atoms with van der Waals surface area (Å²) in [6.45, 7) is 3.51. The van der Waals surface area contributed by atoms with Crippen LogP contribution in [-0.4, -0.2) is 35.2 Å². The van der Waals surface area contributed by atoms with Crippen LogP contribution in [0.2, 0.25) is 0 Å². The van der Waals surface area contributed by atoms with Crippen LogP contribution in [0, 0.1) is 0 Å². The number of alkyl halides is 3. The summed E-state index contributed by atoms with van der Waals surface area (Å²) in [5.41, 5.74) is 0.0910. The lowest BCUT2D eigenvalue weighted by Crippen LogP contribution is -2.44. The van der Waals surface area contributed by atoms with Gasteiger partial charge in [-0.2, -0.15) is 13.2 Å². The van der Waals surface area contributed by atoms with Crippen LogP contribution < -0.4 is 0 Å². The molecule has 1 aliphatic rings.